The Balaban J connectivity index is 0.000000278. The lowest BCUT2D eigenvalue weighted by atomic mass is 9.80. The van der Waals surface area contributed by atoms with E-state index in [9.17, 15) is 9.59 Å². The van der Waals surface area contributed by atoms with Crippen LogP contribution in [0.2, 0.25) is 108 Å². The topological polar surface area (TPSA) is 169 Å². The second-order valence-corrected chi connectivity index (χ2v) is 53.8. The number of anilines is 2. The summed E-state index contributed by atoms with van der Waals surface area (Å²) >= 11 is 6.12. The van der Waals surface area contributed by atoms with Crippen LogP contribution in [0.3, 0.4) is 0 Å². The molecule has 2 saturated carbocycles. The van der Waals surface area contributed by atoms with Crippen LogP contribution in [-0.4, -0.2) is 143 Å². The van der Waals surface area contributed by atoms with Gasteiger partial charge >= 0.3 is 11.9 Å². The molecule has 0 bridgehead atoms. The molecule has 0 saturated heterocycles. The Morgan fingerprint density at radius 2 is 0.895 bits per heavy atom. The van der Waals surface area contributed by atoms with Gasteiger partial charge in [-0.05, 0) is 136 Å². The number of aryl methyl sites for hydroxylation is 1. The molecule has 0 aromatic carbocycles. The van der Waals surface area contributed by atoms with Gasteiger partial charge < -0.3 is 38.2 Å². The number of hydrogen-bond acceptors (Lipinski definition) is 15. The number of carbonyl (C=O) groups excluding carboxylic acids is 2. The molecule has 2 aliphatic rings. The third-order valence-electron chi connectivity index (χ3n) is 15.6. The lowest BCUT2D eigenvalue weighted by Gasteiger charge is -2.31. The quantitative estimate of drug-likeness (QED) is 0.0160. The third kappa shape index (κ3) is 23.4. The van der Waals surface area contributed by atoms with E-state index in [0.717, 1.165) is 140 Å². The minimum Gasteiger partial charge on any atom is -0.460 e. The predicted octanol–water partition coefficient (Wildman–Crippen LogP) is 15.6. The molecule has 2 aliphatic carbocycles. The number of ether oxygens (including phenoxy) is 6. The molecule has 17 nitrogen and oxygen atoms in total. The van der Waals surface area contributed by atoms with Crippen molar-refractivity contribution < 1.29 is 38.0 Å². The van der Waals surface area contributed by atoms with E-state index in [1.807, 2.05) is 69.0 Å². The van der Waals surface area contributed by atoms with E-state index in [-0.39, 0.29) is 29.7 Å². The van der Waals surface area contributed by atoms with Gasteiger partial charge in [0.05, 0.1) is 24.2 Å². The van der Waals surface area contributed by atoms with Gasteiger partial charge in [-0.15, -0.1) is 0 Å². The first-order chi connectivity index (χ1) is 40.0. The van der Waals surface area contributed by atoms with Crippen LogP contribution < -0.4 is 9.80 Å². The van der Waals surface area contributed by atoms with E-state index in [0.29, 0.717) is 51.2 Å². The van der Waals surface area contributed by atoms with Gasteiger partial charge in [0.15, 0.2) is 11.3 Å². The second kappa shape index (κ2) is 30.6. The maximum atomic E-state index is 12.8. The predicted molar refractivity (Wildman–Crippen MR) is 361 cm³/mol. The van der Waals surface area contributed by atoms with Crippen molar-refractivity contribution in [2.75, 3.05) is 63.2 Å². The molecular weight excluding hydrogens is 1170 g/mol. The van der Waals surface area contributed by atoms with Gasteiger partial charge in [0.25, 0.3) is 0 Å². The normalized spacial score (nSPS) is 18.2. The summed E-state index contributed by atoms with van der Waals surface area (Å²) in [5.74, 6) is 2.04. The summed E-state index contributed by atoms with van der Waals surface area (Å²) in [6.07, 6.45) is 12.2. The van der Waals surface area contributed by atoms with Crippen molar-refractivity contribution in [1.29, 1.82) is 0 Å². The first-order valence-corrected chi connectivity index (χ1v) is 46.8. The highest BCUT2D eigenvalue weighted by atomic mass is 35.5. The van der Waals surface area contributed by atoms with Crippen molar-refractivity contribution in [2.45, 2.75) is 226 Å². The molecule has 5 aromatic heterocycles. The Hall–Kier alpha value is -4.07. The van der Waals surface area contributed by atoms with Crippen LogP contribution >= 0.6 is 11.6 Å². The third-order valence-corrected chi connectivity index (χ3v) is 22.6. The average Bonchev–Trinajstić information content (AvgIpc) is 2.08. The second-order valence-electron chi connectivity index (χ2n) is 30.9. The summed E-state index contributed by atoms with van der Waals surface area (Å²) in [4.78, 5) is 44.4. The van der Waals surface area contributed by atoms with Crippen LogP contribution in [0, 0.1) is 18.8 Å². The summed E-state index contributed by atoms with van der Waals surface area (Å²) in [5, 5.41) is 9.94. The summed E-state index contributed by atoms with van der Waals surface area (Å²) < 4.78 is 40.2. The first-order valence-electron chi connectivity index (χ1n) is 31.6. The minimum absolute atomic E-state index is 0.0357. The van der Waals surface area contributed by atoms with Crippen molar-refractivity contribution >= 4 is 78.8 Å². The smallest absolute Gasteiger partial charge is 0.309 e. The van der Waals surface area contributed by atoms with Gasteiger partial charge in [-0.2, -0.15) is 19.2 Å². The summed E-state index contributed by atoms with van der Waals surface area (Å²) in [5.41, 5.74) is 5.56. The van der Waals surface area contributed by atoms with Crippen LogP contribution in [0.25, 0.3) is 22.4 Å². The van der Waals surface area contributed by atoms with E-state index >= 15 is 0 Å². The van der Waals surface area contributed by atoms with E-state index in [1.165, 1.54) is 0 Å². The van der Waals surface area contributed by atoms with Crippen LogP contribution in [-0.2, 0) is 38.0 Å². The van der Waals surface area contributed by atoms with E-state index < -0.39 is 43.5 Å². The van der Waals surface area contributed by atoms with Gasteiger partial charge in [0.2, 0.25) is 0 Å². The fourth-order valence-electron chi connectivity index (χ4n) is 10.2. The standard InChI is InChI=1S/C34H54ClN5O4Si2.C30H54N4O4Si2/c1-34(2,3)44-33(41)26-12-10-25(11-13-26)29-20-31(40-32(38-29)28(22-37-40)27-14-15-30(35)36-21-27)39(23-42-16-18-45(4,5)6)24-43-17-19-46(7,8)9;1-23-20-31-34-27(33(21-36-15-17-39(5,6)7)22-37-16-18-40(8,9)10)19-26(32-28(23)34)24-11-13-25(14-12-24)29(35)38-30(2,3)4/h14-15,20-22,25-26H,10-13,16-19,23-24H2,1-9H3;19-20,24-25H,11-18,21-22H2,1-10H3. The number of pyridine rings is 1. The first kappa shape index (κ1) is 71.0. The molecule has 5 heterocycles. The molecule has 0 aliphatic heterocycles. The Morgan fingerprint density at radius 1 is 0.535 bits per heavy atom. The molecular formula is C64H108ClN9O8Si4. The molecule has 0 N–H and O–H groups in total. The SMILES string of the molecule is CC(C)(C)OC(=O)C1CCC(c2cc(N(COCC[Si](C)(C)C)COCC[Si](C)(C)C)n3ncc(-c4ccc(Cl)nc4)c3n2)CC1.Cc1cnn2c(N(COCC[Si](C)(C)C)COCC[Si](C)(C)C)cc(C3CCC(C(=O)OC(C)(C)C)CC3)nc12. The van der Waals surface area contributed by atoms with E-state index in [1.54, 1.807) is 12.3 Å². The van der Waals surface area contributed by atoms with E-state index in [4.69, 9.17) is 55.1 Å². The highest BCUT2D eigenvalue weighted by Crippen LogP contribution is 2.40. The van der Waals surface area contributed by atoms with Crippen LogP contribution in [0.4, 0.5) is 11.6 Å². The highest BCUT2D eigenvalue weighted by Gasteiger charge is 2.34. The number of nitrogens with zero attached hydrogens (tertiary/aromatic N) is 9. The molecule has 2 fully saturated rings. The van der Waals surface area contributed by atoms with E-state index in [2.05, 4.69) is 118 Å². The monoisotopic (exact) mass is 1280 g/mol. The number of rotatable bonds is 27. The highest BCUT2D eigenvalue weighted by molar-refractivity contribution is 6.77. The van der Waals surface area contributed by atoms with Gasteiger partial charge in [0, 0.05) is 117 Å². The molecule has 22 heteroatoms. The van der Waals surface area contributed by atoms with Crippen molar-refractivity contribution in [3.05, 3.63) is 65.0 Å². The van der Waals surface area contributed by atoms with Crippen LogP contribution in [0.5, 0.6) is 0 Å². The fourth-order valence-corrected chi connectivity index (χ4v) is 13.4. The molecule has 0 radical (unpaired) electrons. The van der Waals surface area contributed by atoms with Gasteiger partial charge in [0.1, 0.15) is 54.9 Å². The van der Waals surface area contributed by atoms with Gasteiger partial charge in [-0.25, -0.2) is 15.0 Å². The molecule has 5 aromatic rings. The van der Waals surface area contributed by atoms with Crippen molar-refractivity contribution in [3.63, 3.8) is 0 Å². The van der Waals surface area contributed by atoms with Crippen molar-refractivity contribution in [3.8, 4) is 11.1 Å². The number of aromatic nitrogens is 7. The number of carbonyl (C=O) groups is 2. The zero-order valence-electron chi connectivity index (χ0n) is 56.2. The lowest BCUT2D eigenvalue weighted by Crippen LogP contribution is -2.33. The fraction of sp³-hybridized carbons (Fsp3) is 0.703. The summed E-state index contributed by atoms with van der Waals surface area (Å²) in [6.45, 7) is 46.6. The molecule has 0 spiro atoms. The zero-order chi connectivity index (χ0) is 63.4. The van der Waals surface area contributed by atoms with Crippen molar-refractivity contribution in [2.24, 2.45) is 11.8 Å². The molecule has 0 amide bonds. The average molecular weight is 1280 g/mol. The maximum Gasteiger partial charge on any atom is 0.309 e. The summed E-state index contributed by atoms with van der Waals surface area (Å²) in [6, 6.07) is 12.5. The molecule has 7 rings (SSSR count). The van der Waals surface area contributed by atoms with Gasteiger partial charge in [-0.1, -0.05) is 90.2 Å². The largest absolute Gasteiger partial charge is 0.460 e. The Bertz CT molecular complexity index is 2900. The molecule has 0 unspecified atom stereocenters. The number of hydrogen-bond donors (Lipinski definition) is 0. The number of halogens is 1. The number of fused-ring (bicyclic) bond motifs is 2. The minimum atomic E-state index is -1.25. The summed E-state index contributed by atoms with van der Waals surface area (Å²) in [7, 11) is -4.88. The molecule has 0 atom stereocenters. The van der Waals surface area contributed by atoms with Crippen LogP contribution in [0.1, 0.15) is 122 Å². The number of esters is 2. The molecule has 480 valence electrons. The Morgan fingerprint density at radius 3 is 1.24 bits per heavy atom. The Labute approximate surface area is 524 Å². The van der Waals surface area contributed by atoms with Crippen LogP contribution in [0.15, 0.2) is 42.9 Å². The Kier molecular flexibility index (Phi) is 25.3. The molecule has 86 heavy (non-hydrogen) atoms. The van der Waals surface area contributed by atoms with Gasteiger partial charge in [-0.3, -0.25) is 9.59 Å². The van der Waals surface area contributed by atoms with Crippen molar-refractivity contribution in [1.82, 2.24) is 34.2 Å². The maximum absolute atomic E-state index is 12.8. The lowest BCUT2D eigenvalue weighted by molar-refractivity contribution is -0.162. The zero-order valence-corrected chi connectivity index (χ0v) is 60.9.